The van der Waals surface area contributed by atoms with Gasteiger partial charge >= 0.3 is 6.03 Å². The lowest BCUT2D eigenvalue weighted by molar-refractivity contribution is 0.167. The number of sulfonamides is 1. The quantitative estimate of drug-likeness (QED) is 0.698. The molecule has 2 aromatic rings. The van der Waals surface area contributed by atoms with Crippen LogP contribution in [0.3, 0.4) is 0 Å². The van der Waals surface area contributed by atoms with Gasteiger partial charge in [-0.2, -0.15) is 13.5 Å². The van der Waals surface area contributed by atoms with Crippen molar-refractivity contribution in [2.45, 2.75) is 75.4 Å². The molecule has 0 bridgehead atoms. The topological polar surface area (TPSA) is 96.3 Å². The molecule has 8 nitrogen and oxygen atoms in total. The number of urea groups is 1. The monoisotopic (exact) mass is 455 g/mol. The number of carbonyl (C=O) groups excluding carboxylic acids is 1. The molecular weight excluding hydrogens is 426 g/mol. The number of aryl methyl sites for hydroxylation is 2. The van der Waals surface area contributed by atoms with Gasteiger partial charge in [0.25, 0.3) is 10.0 Å². The highest BCUT2D eigenvalue weighted by Gasteiger charge is 2.32. The summed E-state index contributed by atoms with van der Waals surface area (Å²) in [7, 11) is -4.05. The Morgan fingerprint density at radius 2 is 1.69 bits per heavy atom. The van der Waals surface area contributed by atoms with Gasteiger partial charge < -0.3 is 5.32 Å². The molecule has 170 valence electrons. The summed E-state index contributed by atoms with van der Waals surface area (Å²) < 4.78 is 30.1. The summed E-state index contributed by atoms with van der Waals surface area (Å²) in [6.07, 6.45) is 9.27. The Hall–Kier alpha value is -2.39. The molecule has 0 atom stereocenters. The number of hydrogen-bond acceptors (Lipinski definition) is 5. The number of nitrogens with zero attached hydrogens (tertiary/aromatic N) is 3. The number of rotatable bonds is 6. The smallest absolute Gasteiger partial charge is 0.307 e. The van der Waals surface area contributed by atoms with E-state index < -0.39 is 16.1 Å². The van der Waals surface area contributed by atoms with Gasteiger partial charge in [-0.05, 0) is 93.1 Å². The first-order chi connectivity index (χ1) is 15.5. The number of carbonyl (C=O) groups is 1. The van der Waals surface area contributed by atoms with Crippen LogP contribution in [0.1, 0.15) is 66.1 Å². The SMILES string of the molecule is O=C(Nc1c2c(cc3c1CCC3)CCC2)NS(=O)(=O)c1cc(CN2CCC2)n(C2CC2)n1. The predicted octanol–water partition coefficient (Wildman–Crippen LogP) is 2.91. The standard InChI is InChI=1S/C23H29N5O3S/c29-23(24-22-19-6-1-4-15(19)12-16-5-2-7-20(16)22)26-32(30,31)21-13-18(14-27-10-3-11-27)28(25-21)17-8-9-17/h12-13,17H,1-11,14H2,(H2,24,26,29). The molecule has 2 amide bonds. The van der Waals surface area contributed by atoms with E-state index in [1.165, 1.54) is 28.7 Å². The molecule has 2 fully saturated rings. The van der Waals surface area contributed by atoms with Crippen molar-refractivity contribution < 1.29 is 13.2 Å². The summed E-state index contributed by atoms with van der Waals surface area (Å²) in [6, 6.07) is 3.49. The molecule has 2 N–H and O–H groups in total. The average molecular weight is 456 g/mol. The van der Waals surface area contributed by atoms with E-state index >= 15 is 0 Å². The van der Waals surface area contributed by atoms with Gasteiger partial charge in [-0.15, -0.1) is 0 Å². The Morgan fingerprint density at radius 1 is 1.00 bits per heavy atom. The maximum Gasteiger partial charge on any atom is 0.333 e. The highest BCUT2D eigenvalue weighted by molar-refractivity contribution is 7.90. The number of aromatic nitrogens is 2. The minimum atomic E-state index is -4.05. The molecular formula is C23H29N5O3S. The van der Waals surface area contributed by atoms with Crippen molar-refractivity contribution in [1.82, 2.24) is 19.4 Å². The Balaban J connectivity index is 1.23. The molecule has 1 aromatic heterocycles. The van der Waals surface area contributed by atoms with Crippen molar-refractivity contribution in [3.63, 3.8) is 0 Å². The maximum absolute atomic E-state index is 13.0. The highest BCUT2D eigenvalue weighted by Crippen LogP contribution is 2.39. The van der Waals surface area contributed by atoms with Gasteiger partial charge in [-0.1, -0.05) is 6.07 Å². The molecule has 9 heteroatoms. The fourth-order valence-corrected chi connectivity index (χ4v) is 6.23. The number of hydrogen-bond donors (Lipinski definition) is 2. The first kappa shape index (κ1) is 20.2. The fourth-order valence-electron chi connectivity index (χ4n) is 5.34. The van der Waals surface area contributed by atoms with Crippen molar-refractivity contribution in [2.24, 2.45) is 0 Å². The molecule has 32 heavy (non-hydrogen) atoms. The summed E-state index contributed by atoms with van der Waals surface area (Å²) in [4.78, 5) is 15.1. The number of nitrogens with one attached hydrogen (secondary N) is 2. The zero-order valence-electron chi connectivity index (χ0n) is 18.2. The average Bonchev–Trinajstić information content (AvgIpc) is 3.12. The van der Waals surface area contributed by atoms with Crippen LogP contribution in [0.15, 0.2) is 17.2 Å². The van der Waals surface area contributed by atoms with Crippen molar-refractivity contribution in [1.29, 1.82) is 0 Å². The minimum Gasteiger partial charge on any atom is -0.307 e. The van der Waals surface area contributed by atoms with Crippen molar-refractivity contribution in [3.05, 3.63) is 40.1 Å². The van der Waals surface area contributed by atoms with Gasteiger partial charge in [0.2, 0.25) is 0 Å². The van der Waals surface area contributed by atoms with Crippen LogP contribution in [-0.2, 0) is 42.3 Å². The Bertz CT molecular complexity index is 1160. The zero-order chi connectivity index (χ0) is 21.9. The lowest BCUT2D eigenvalue weighted by Crippen LogP contribution is -2.36. The van der Waals surface area contributed by atoms with Crippen molar-refractivity contribution in [3.8, 4) is 0 Å². The van der Waals surface area contributed by atoms with Gasteiger partial charge in [0.05, 0.1) is 11.7 Å². The van der Waals surface area contributed by atoms with Crippen LogP contribution in [0, 0.1) is 0 Å². The van der Waals surface area contributed by atoms with Gasteiger partial charge in [-0.3, -0.25) is 9.58 Å². The van der Waals surface area contributed by atoms with E-state index in [0.717, 1.165) is 75.8 Å². The molecule has 6 rings (SSSR count). The normalized spacial score (nSPS) is 20.0. The molecule has 1 aliphatic heterocycles. The van der Waals surface area contributed by atoms with Gasteiger partial charge in [0, 0.05) is 18.3 Å². The summed E-state index contributed by atoms with van der Waals surface area (Å²) in [5, 5.41) is 7.22. The fraction of sp³-hybridized carbons (Fsp3) is 0.565. The van der Waals surface area contributed by atoms with Gasteiger partial charge in [-0.25, -0.2) is 9.52 Å². The Labute approximate surface area is 188 Å². The van der Waals surface area contributed by atoms with Gasteiger partial charge in [0.1, 0.15) is 0 Å². The summed E-state index contributed by atoms with van der Waals surface area (Å²) in [6.45, 7) is 2.77. The second-order valence-corrected chi connectivity index (χ2v) is 11.2. The lowest BCUT2D eigenvalue weighted by Gasteiger charge is -2.30. The zero-order valence-corrected chi connectivity index (χ0v) is 19.0. The van der Waals surface area contributed by atoms with Crippen LogP contribution in [0.25, 0.3) is 0 Å². The molecule has 1 saturated heterocycles. The Morgan fingerprint density at radius 3 is 2.28 bits per heavy atom. The van der Waals surface area contributed by atoms with Crippen LogP contribution in [0.5, 0.6) is 0 Å². The largest absolute Gasteiger partial charge is 0.333 e. The first-order valence-corrected chi connectivity index (χ1v) is 13.3. The van der Waals surface area contributed by atoms with E-state index in [2.05, 4.69) is 26.1 Å². The number of fused-ring (bicyclic) bond motifs is 2. The number of likely N-dealkylation sites (tertiary alicyclic amines) is 1. The van der Waals surface area contributed by atoms with Crippen LogP contribution in [0.2, 0.25) is 0 Å². The highest BCUT2D eigenvalue weighted by atomic mass is 32.2. The van der Waals surface area contributed by atoms with Crippen molar-refractivity contribution >= 4 is 21.7 Å². The van der Waals surface area contributed by atoms with Crippen molar-refractivity contribution in [2.75, 3.05) is 18.4 Å². The third-order valence-corrected chi connectivity index (χ3v) is 8.44. The van der Waals surface area contributed by atoms with E-state index in [1.807, 2.05) is 4.68 Å². The molecule has 0 radical (unpaired) electrons. The molecule has 3 aliphatic carbocycles. The molecule has 0 unspecified atom stereocenters. The van der Waals surface area contributed by atoms with Crippen LogP contribution < -0.4 is 10.0 Å². The minimum absolute atomic E-state index is 0.0707. The number of amides is 2. The predicted molar refractivity (Wildman–Crippen MR) is 120 cm³/mol. The van der Waals surface area contributed by atoms with E-state index in [1.54, 1.807) is 6.07 Å². The lowest BCUT2D eigenvalue weighted by atomic mass is 9.99. The second kappa shape index (κ2) is 7.59. The van der Waals surface area contributed by atoms with Crippen LogP contribution >= 0.6 is 0 Å². The molecule has 2 heterocycles. The third-order valence-electron chi connectivity index (χ3n) is 7.23. The van der Waals surface area contributed by atoms with Gasteiger partial charge in [0.15, 0.2) is 5.03 Å². The second-order valence-electron chi connectivity index (χ2n) is 9.57. The summed E-state index contributed by atoms with van der Waals surface area (Å²) >= 11 is 0. The van der Waals surface area contributed by atoms with E-state index in [4.69, 9.17) is 0 Å². The molecule has 1 aromatic carbocycles. The van der Waals surface area contributed by atoms with E-state index in [-0.39, 0.29) is 11.1 Å². The molecule has 0 spiro atoms. The number of benzene rings is 1. The number of anilines is 1. The third kappa shape index (κ3) is 3.61. The van der Waals surface area contributed by atoms with Crippen LogP contribution in [-0.4, -0.2) is 42.2 Å². The Kier molecular flexibility index (Phi) is 4.80. The van der Waals surface area contributed by atoms with E-state index in [9.17, 15) is 13.2 Å². The molecule has 4 aliphatic rings. The summed E-state index contributed by atoms with van der Waals surface area (Å²) in [5.74, 6) is 0. The van der Waals surface area contributed by atoms with Crippen LogP contribution in [0.4, 0.5) is 10.5 Å². The summed E-state index contributed by atoms with van der Waals surface area (Å²) in [5.41, 5.74) is 6.68. The molecule has 1 saturated carbocycles. The maximum atomic E-state index is 13.0. The van der Waals surface area contributed by atoms with E-state index in [0.29, 0.717) is 6.54 Å². The first-order valence-electron chi connectivity index (χ1n) is 11.8.